The van der Waals surface area contributed by atoms with E-state index >= 15 is 0 Å². The van der Waals surface area contributed by atoms with Crippen molar-refractivity contribution in [1.82, 2.24) is 10.6 Å². The number of aliphatic imine (C=N–C) groups is 1. The number of amides is 1. The summed E-state index contributed by atoms with van der Waals surface area (Å²) < 4.78 is 6.54. The number of anilines is 1. The van der Waals surface area contributed by atoms with E-state index in [1.165, 1.54) is 0 Å². The Kier molecular flexibility index (Phi) is 11.0. The molecule has 0 unspecified atom stereocenters. The lowest BCUT2D eigenvalue weighted by Crippen LogP contribution is -2.39. The number of nitrogens with one attached hydrogen (secondary N) is 3. The largest absolute Gasteiger partial charge is 0.381 e. The molecule has 0 aliphatic carbocycles. The summed E-state index contributed by atoms with van der Waals surface area (Å²) in [5.41, 5.74) is 1.86. The zero-order chi connectivity index (χ0) is 19.4. The number of nitrogens with zero attached hydrogens (tertiary/aromatic N) is 1. The average Bonchev–Trinajstić information content (AvgIpc) is 2.58. The number of aryl methyl sites for hydroxylation is 1. The number of rotatable bonds is 10. The maximum absolute atomic E-state index is 12.1. The average molecular weight is 427 g/mol. The summed E-state index contributed by atoms with van der Waals surface area (Å²) in [7, 11) is 1.72. The lowest BCUT2D eigenvalue weighted by Gasteiger charge is -2.13. The fraction of sp³-hybridized carbons (Fsp3) is 0.579. The Morgan fingerprint density at radius 2 is 2.00 bits per heavy atom. The summed E-state index contributed by atoms with van der Waals surface area (Å²) in [6, 6.07) is 5.79. The smallest absolute Gasteiger partial charge is 0.226 e. The normalized spacial score (nSPS) is 11.5. The predicted molar refractivity (Wildman–Crippen MR) is 112 cm³/mol. The SMILES string of the molecule is CN=C(NCCCOCC(C)C)NCCC(=O)Nc1ccc(Br)cc1C. The van der Waals surface area contributed by atoms with Crippen LogP contribution in [-0.4, -0.2) is 45.2 Å². The molecule has 0 aliphatic rings. The molecule has 0 saturated carbocycles. The minimum absolute atomic E-state index is 0.0274. The number of hydrogen-bond acceptors (Lipinski definition) is 3. The third-order valence-electron chi connectivity index (χ3n) is 3.54. The van der Waals surface area contributed by atoms with Crippen LogP contribution in [0.5, 0.6) is 0 Å². The van der Waals surface area contributed by atoms with E-state index in [9.17, 15) is 4.79 Å². The molecule has 0 aliphatic heterocycles. The molecule has 0 atom stereocenters. The van der Waals surface area contributed by atoms with Gasteiger partial charge in [0.15, 0.2) is 5.96 Å². The van der Waals surface area contributed by atoms with Crippen molar-refractivity contribution >= 4 is 33.5 Å². The molecule has 146 valence electrons. The molecule has 0 saturated heterocycles. The Morgan fingerprint density at radius 1 is 1.27 bits per heavy atom. The van der Waals surface area contributed by atoms with Crippen molar-refractivity contribution in [3.8, 4) is 0 Å². The Hall–Kier alpha value is -1.60. The molecule has 1 aromatic rings. The van der Waals surface area contributed by atoms with Crippen LogP contribution in [0.15, 0.2) is 27.7 Å². The fourth-order valence-electron chi connectivity index (χ4n) is 2.20. The van der Waals surface area contributed by atoms with E-state index in [1.807, 2.05) is 25.1 Å². The number of halogens is 1. The molecule has 7 heteroatoms. The molecule has 26 heavy (non-hydrogen) atoms. The van der Waals surface area contributed by atoms with Crippen LogP contribution >= 0.6 is 15.9 Å². The minimum atomic E-state index is -0.0274. The second-order valence-corrected chi connectivity index (χ2v) is 7.42. The number of benzene rings is 1. The van der Waals surface area contributed by atoms with E-state index in [1.54, 1.807) is 7.05 Å². The molecule has 0 bridgehead atoms. The first-order chi connectivity index (χ1) is 12.4. The number of guanidine groups is 1. The van der Waals surface area contributed by atoms with Gasteiger partial charge < -0.3 is 20.7 Å². The summed E-state index contributed by atoms with van der Waals surface area (Å²) in [5, 5.41) is 9.29. The molecular formula is C19H31BrN4O2. The van der Waals surface area contributed by atoms with Gasteiger partial charge >= 0.3 is 0 Å². The zero-order valence-corrected chi connectivity index (χ0v) is 17.8. The summed E-state index contributed by atoms with van der Waals surface area (Å²) in [5.74, 6) is 1.23. The van der Waals surface area contributed by atoms with Gasteiger partial charge in [-0.3, -0.25) is 9.79 Å². The monoisotopic (exact) mass is 426 g/mol. The minimum Gasteiger partial charge on any atom is -0.381 e. The molecule has 3 N–H and O–H groups in total. The van der Waals surface area contributed by atoms with Crippen molar-refractivity contribution < 1.29 is 9.53 Å². The first kappa shape index (κ1) is 22.4. The van der Waals surface area contributed by atoms with Crippen LogP contribution in [0.1, 0.15) is 32.3 Å². The van der Waals surface area contributed by atoms with Crippen LogP contribution in [-0.2, 0) is 9.53 Å². The first-order valence-corrected chi connectivity index (χ1v) is 9.80. The lowest BCUT2D eigenvalue weighted by atomic mass is 10.2. The van der Waals surface area contributed by atoms with Crippen LogP contribution in [0.4, 0.5) is 5.69 Å². The number of hydrogen-bond donors (Lipinski definition) is 3. The van der Waals surface area contributed by atoms with Crippen LogP contribution < -0.4 is 16.0 Å². The Labute approximate surface area is 165 Å². The second-order valence-electron chi connectivity index (χ2n) is 6.51. The van der Waals surface area contributed by atoms with Gasteiger partial charge in [0.2, 0.25) is 5.91 Å². The second kappa shape index (κ2) is 12.7. The van der Waals surface area contributed by atoms with E-state index in [4.69, 9.17) is 4.74 Å². The van der Waals surface area contributed by atoms with E-state index in [-0.39, 0.29) is 5.91 Å². The molecular weight excluding hydrogens is 396 g/mol. The Bertz CT molecular complexity index is 591. The zero-order valence-electron chi connectivity index (χ0n) is 16.2. The molecule has 0 heterocycles. The van der Waals surface area contributed by atoms with Crippen LogP contribution in [0.2, 0.25) is 0 Å². The van der Waals surface area contributed by atoms with Crippen molar-refractivity contribution in [2.75, 3.05) is 38.7 Å². The molecule has 0 radical (unpaired) electrons. The van der Waals surface area contributed by atoms with Gasteiger partial charge in [0.05, 0.1) is 0 Å². The third-order valence-corrected chi connectivity index (χ3v) is 4.03. The first-order valence-electron chi connectivity index (χ1n) is 9.00. The third kappa shape index (κ3) is 9.77. The Balaban J connectivity index is 2.20. The number of carbonyl (C=O) groups is 1. The van der Waals surface area contributed by atoms with Crippen molar-refractivity contribution in [3.63, 3.8) is 0 Å². The molecule has 1 aromatic carbocycles. The number of carbonyl (C=O) groups excluding carboxylic acids is 1. The molecule has 1 amide bonds. The van der Waals surface area contributed by atoms with Gasteiger partial charge in [-0.05, 0) is 43.0 Å². The maximum atomic E-state index is 12.1. The number of ether oxygens (including phenoxy) is 1. The van der Waals surface area contributed by atoms with E-state index in [0.717, 1.165) is 41.9 Å². The van der Waals surface area contributed by atoms with Crippen LogP contribution in [0.3, 0.4) is 0 Å². The standard InChI is InChI=1S/C19H31BrN4O2/c1-14(2)13-26-11-5-9-22-19(21-4)23-10-8-18(25)24-17-7-6-16(20)12-15(17)3/h6-7,12,14H,5,8-11,13H2,1-4H3,(H,24,25)(H2,21,22,23). The predicted octanol–water partition coefficient (Wildman–Crippen LogP) is 3.31. The van der Waals surface area contributed by atoms with Gasteiger partial charge in [0.1, 0.15) is 0 Å². The van der Waals surface area contributed by atoms with E-state index < -0.39 is 0 Å². The highest BCUT2D eigenvalue weighted by Gasteiger charge is 2.06. The van der Waals surface area contributed by atoms with Gasteiger partial charge in [-0.1, -0.05) is 29.8 Å². The van der Waals surface area contributed by atoms with Crippen LogP contribution in [0.25, 0.3) is 0 Å². The van der Waals surface area contributed by atoms with Crippen LogP contribution in [0, 0.1) is 12.8 Å². The topological polar surface area (TPSA) is 74.8 Å². The van der Waals surface area contributed by atoms with Gasteiger partial charge in [0, 0.05) is 49.9 Å². The summed E-state index contributed by atoms with van der Waals surface area (Å²) in [4.78, 5) is 16.2. The van der Waals surface area contributed by atoms with E-state index in [0.29, 0.717) is 24.8 Å². The molecule has 0 spiro atoms. The molecule has 0 aromatic heterocycles. The Morgan fingerprint density at radius 3 is 2.65 bits per heavy atom. The van der Waals surface area contributed by atoms with Gasteiger partial charge in [0.25, 0.3) is 0 Å². The van der Waals surface area contributed by atoms with Gasteiger partial charge in [-0.25, -0.2) is 0 Å². The quantitative estimate of drug-likeness (QED) is 0.304. The van der Waals surface area contributed by atoms with Crippen molar-refractivity contribution in [2.24, 2.45) is 10.9 Å². The van der Waals surface area contributed by atoms with Crippen molar-refractivity contribution in [3.05, 3.63) is 28.2 Å². The van der Waals surface area contributed by atoms with E-state index in [2.05, 4.69) is 50.7 Å². The lowest BCUT2D eigenvalue weighted by molar-refractivity contribution is -0.116. The molecule has 6 nitrogen and oxygen atoms in total. The highest BCUT2D eigenvalue weighted by molar-refractivity contribution is 9.10. The summed E-state index contributed by atoms with van der Waals surface area (Å²) in [6.45, 7) is 9.07. The fourth-order valence-corrected chi connectivity index (χ4v) is 2.67. The highest BCUT2D eigenvalue weighted by Crippen LogP contribution is 2.19. The van der Waals surface area contributed by atoms with Gasteiger partial charge in [-0.2, -0.15) is 0 Å². The molecule has 0 fully saturated rings. The summed E-state index contributed by atoms with van der Waals surface area (Å²) in [6.07, 6.45) is 1.28. The maximum Gasteiger partial charge on any atom is 0.226 e. The van der Waals surface area contributed by atoms with Gasteiger partial charge in [-0.15, -0.1) is 0 Å². The molecule has 1 rings (SSSR count). The highest BCUT2D eigenvalue weighted by atomic mass is 79.9. The summed E-state index contributed by atoms with van der Waals surface area (Å²) >= 11 is 3.42. The van der Waals surface area contributed by atoms with Crippen molar-refractivity contribution in [1.29, 1.82) is 0 Å². The van der Waals surface area contributed by atoms with Crippen molar-refractivity contribution in [2.45, 2.75) is 33.6 Å².